The molecule has 2 amide bonds. The summed E-state index contributed by atoms with van der Waals surface area (Å²) >= 11 is 1.51. The van der Waals surface area contributed by atoms with Gasteiger partial charge in [0.25, 0.3) is 5.91 Å². The highest BCUT2D eigenvalue weighted by Crippen LogP contribution is 2.39. The molecule has 160 valence electrons. The van der Waals surface area contributed by atoms with E-state index in [9.17, 15) is 9.59 Å². The zero-order valence-corrected chi connectivity index (χ0v) is 18.8. The number of nitrogens with zero attached hydrogens (tertiary/aromatic N) is 2. The summed E-state index contributed by atoms with van der Waals surface area (Å²) in [5.41, 5.74) is 11.1. The standard InChI is InChI=1S/C23H30N4O2S/c1-14-6-4-8-18(15(14)2)27-12-10-26(11-13-27)16(3)22(29)25-23-20(21(24)28)17-7-5-9-19(17)30-23/h4,6,8,16H,5,7,9-13H2,1-3H3,(H2,24,28)(H,25,29)/t16-/m0/s1. The predicted molar refractivity (Wildman–Crippen MR) is 123 cm³/mol. The molecule has 2 aromatic rings. The molecule has 1 saturated heterocycles. The molecule has 0 radical (unpaired) electrons. The number of anilines is 2. The smallest absolute Gasteiger partial charge is 0.251 e. The minimum Gasteiger partial charge on any atom is -0.369 e. The van der Waals surface area contributed by atoms with Crippen LogP contribution < -0.4 is 16.0 Å². The van der Waals surface area contributed by atoms with E-state index in [4.69, 9.17) is 5.73 Å². The minimum absolute atomic E-state index is 0.0717. The highest BCUT2D eigenvalue weighted by molar-refractivity contribution is 7.17. The van der Waals surface area contributed by atoms with Crippen LogP contribution in [0.25, 0.3) is 0 Å². The maximum Gasteiger partial charge on any atom is 0.251 e. The third-order valence-corrected chi connectivity index (χ3v) is 7.77. The molecule has 1 aromatic heterocycles. The number of fused-ring (bicyclic) bond motifs is 1. The Hall–Kier alpha value is -2.38. The van der Waals surface area contributed by atoms with E-state index in [1.807, 2.05) is 6.92 Å². The second-order valence-electron chi connectivity index (χ2n) is 8.33. The average Bonchev–Trinajstić information content (AvgIpc) is 3.30. The van der Waals surface area contributed by atoms with Crippen molar-refractivity contribution in [1.29, 1.82) is 0 Å². The quantitative estimate of drug-likeness (QED) is 0.770. The van der Waals surface area contributed by atoms with Crippen LogP contribution in [0.15, 0.2) is 18.2 Å². The Labute approximate surface area is 182 Å². The monoisotopic (exact) mass is 426 g/mol. The van der Waals surface area contributed by atoms with E-state index >= 15 is 0 Å². The molecule has 6 nitrogen and oxygen atoms in total. The molecule has 1 fully saturated rings. The van der Waals surface area contributed by atoms with Crippen molar-refractivity contribution >= 4 is 33.8 Å². The first kappa shape index (κ1) is 20.9. The van der Waals surface area contributed by atoms with Crippen LogP contribution >= 0.6 is 11.3 Å². The lowest BCUT2D eigenvalue weighted by Gasteiger charge is -2.39. The van der Waals surface area contributed by atoms with Crippen LogP contribution in [0.4, 0.5) is 10.7 Å². The molecule has 1 aromatic carbocycles. The summed E-state index contributed by atoms with van der Waals surface area (Å²) in [5, 5.41) is 3.62. The first-order valence-electron chi connectivity index (χ1n) is 10.7. The Balaban J connectivity index is 1.40. The molecular formula is C23H30N4O2S. The minimum atomic E-state index is -0.445. The fraction of sp³-hybridized carbons (Fsp3) is 0.478. The molecule has 0 bridgehead atoms. The number of hydrogen-bond donors (Lipinski definition) is 2. The molecule has 4 rings (SSSR count). The van der Waals surface area contributed by atoms with Crippen molar-refractivity contribution in [2.24, 2.45) is 5.73 Å². The lowest BCUT2D eigenvalue weighted by Crippen LogP contribution is -2.53. The maximum absolute atomic E-state index is 13.0. The molecule has 0 spiro atoms. The summed E-state index contributed by atoms with van der Waals surface area (Å²) < 4.78 is 0. The summed E-state index contributed by atoms with van der Waals surface area (Å²) in [6.07, 6.45) is 2.89. The first-order valence-corrected chi connectivity index (χ1v) is 11.5. The first-order chi connectivity index (χ1) is 14.4. The number of rotatable bonds is 5. The lowest BCUT2D eigenvalue weighted by atomic mass is 10.1. The predicted octanol–water partition coefficient (Wildman–Crippen LogP) is 3.10. The second-order valence-corrected chi connectivity index (χ2v) is 9.44. The summed E-state index contributed by atoms with van der Waals surface area (Å²) in [4.78, 5) is 30.7. The van der Waals surface area contributed by atoms with Crippen LogP contribution in [0.3, 0.4) is 0 Å². The number of piperazine rings is 1. The summed E-state index contributed by atoms with van der Waals surface area (Å²) in [6, 6.07) is 6.16. The third-order valence-electron chi connectivity index (χ3n) is 6.56. The van der Waals surface area contributed by atoms with Gasteiger partial charge in [0.1, 0.15) is 5.00 Å². The van der Waals surface area contributed by atoms with E-state index in [1.165, 1.54) is 33.0 Å². The Kier molecular flexibility index (Phi) is 5.84. The highest BCUT2D eigenvalue weighted by atomic mass is 32.1. The molecule has 0 saturated carbocycles. The SMILES string of the molecule is Cc1cccc(N2CCN([C@@H](C)C(=O)Nc3sc4c(c3C(N)=O)CCC4)CC2)c1C. The average molecular weight is 427 g/mol. The van der Waals surface area contributed by atoms with Crippen molar-refractivity contribution in [3.05, 3.63) is 45.3 Å². The summed E-state index contributed by atoms with van der Waals surface area (Å²) in [6.45, 7) is 9.68. The largest absolute Gasteiger partial charge is 0.369 e. The fourth-order valence-corrected chi connectivity index (χ4v) is 5.86. The highest BCUT2D eigenvalue weighted by Gasteiger charge is 2.30. The van der Waals surface area contributed by atoms with Gasteiger partial charge in [-0.15, -0.1) is 11.3 Å². The van der Waals surface area contributed by atoms with Gasteiger partial charge >= 0.3 is 0 Å². The van der Waals surface area contributed by atoms with Gasteiger partial charge in [-0.3, -0.25) is 14.5 Å². The van der Waals surface area contributed by atoms with Crippen molar-refractivity contribution < 1.29 is 9.59 Å². The van der Waals surface area contributed by atoms with Crippen LogP contribution in [0.1, 0.15) is 45.3 Å². The van der Waals surface area contributed by atoms with Crippen LogP contribution in [-0.2, 0) is 17.6 Å². The third kappa shape index (κ3) is 3.84. The Morgan fingerprint density at radius 2 is 1.87 bits per heavy atom. The van der Waals surface area contributed by atoms with Gasteiger partial charge in [0, 0.05) is 36.7 Å². The van der Waals surface area contributed by atoms with E-state index < -0.39 is 5.91 Å². The maximum atomic E-state index is 13.0. The van der Waals surface area contributed by atoms with E-state index in [-0.39, 0.29) is 11.9 Å². The van der Waals surface area contributed by atoms with Gasteiger partial charge in [-0.05, 0) is 62.8 Å². The molecule has 1 aliphatic heterocycles. The fourth-order valence-electron chi connectivity index (χ4n) is 4.56. The van der Waals surface area contributed by atoms with Gasteiger partial charge < -0.3 is 16.0 Å². The molecule has 1 aliphatic carbocycles. The van der Waals surface area contributed by atoms with Gasteiger partial charge in [0.15, 0.2) is 0 Å². The topological polar surface area (TPSA) is 78.7 Å². The summed E-state index contributed by atoms with van der Waals surface area (Å²) in [5.74, 6) is -0.517. The lowest BCUT2D eigenvalue weighted by molar-refractivity contribution is -0.120. The number of nitrogens with one attached hydrogen (secondary N) is 1. The Bertz CT molecular complexity index is 976. The van der Waals surface area contributed by atoms with Crippen LogP contribution in [-0.4, -0.2) is 48.9 Å². The van der Waals surface area contributed by atoms with E-state index in [0.717, 1.165) is 51.0 Å². The number of thiophene rings is 1. The van der Waals surface area contributed by atoms with Gasteiger partial charge in [-0.25, -0.2) is 0 Å². The molecule has 2 heterocycles. The van der Waals surface area contributed by atoms with Crippen LogP contribution in [0, 0.1) is 13.8 Å². The Morgan fingerprint density at radius 3 is 2.57 bits per heavy atom. The number of benzene rings is 1. The van der Waals surface area contributed by atoms with E-state index in [0.29, 0.717) is 10.6 Å². The molecule has 3 N–H and O–H groups in total. The second kappa shape index (κ2) is 8.40. The molecular weight excluding hydrogens is 396 g/mol. The van der Waals surface area contributed by atoms with Crippen LogP contribution in [0.5, 0.6) is 0 Å². The molecule has 0 unspecified atom stereocenters. The van der Waals surface area contributed by atoms with Gasteiger partial charge in [0.05, 0.1) is 11.6 Å². The Morgan fingerprint density at radius 1 is 1.13 bits per heavy atom. The number of aryl methyl sites for hydroxylation is 2. The molecule has 30 heavy (non-hydrogen) atoms. The van der Waals surface area contributed by atoms with Crippen molar-refractivity contribution in [2.45, 2.75) is 46.1 Å². The zero-order valence-electron chi connectivity index (χ0n) is 18.0. The molecule has 7 heteroatoms. The van der Waals surface area contributed by atoms with Crippen molar-refractivity contribution in [2.75, 3.05) is 36.4 Å². The van der Waals surface area contributed by atoms with E-state index in [2.05, 4.69) is 47.2 Å². The van der Waals surface area contributed by atoms with E-state index in [1.54, 1.807) is 0 Å². The van der Waals surface area contributed by atoms with Gasteiger partial charge in [-0.2, -0.15) is 0 Å². The number of carbonyl (C=O) groups is 2. The van der Waals surface area contributed by atoms with Crippen LogP contribution in [0.2, 0.25) is 0 Å². The molecule has 1 atom stereocenters. The number of hydrogen-bond acceptors (Lipinski definition) is 5. The van der Waals surface area contributed by atoms with Gasteiger partial charge in [-0.1, -0.05) is 12.1 Å². The number of amides is 2. The number of nitrogens with two attached hydrogens (primary N) is 1. The van der Waals surface area contributed by atoms with Crippen molar-refractivity contribution in [3.63, 3.8) is 0 Å². The summed E-state index contributed by atoms with van der Waals surface area (Å²) in [7, 11) is 0. The number of primary amides is 1. The normalized spacial score (nSPS) is 17.6. The van der Waals surface area contributed by atoms with Crippen molar-refractivity contribution in [3.8, 4) is 0 Å². The zero-order chi connectivity index (χ0) is 21.4. The molecule has 2 aliphatic rings. The van der Waals surface area contributed by atoms with Crippen molar-refractivity contribution in [1.82, 2.24) is 4.90 Å². The number of carbonyl (C=O) groups excluding carboxylic acids is 2. The van der Waals surface area contributed by atoms with Gasteiger partial charge in [0.2, 0.25) is 5.91 Å².